The van der Waals surface area contributed by atoms with Crippen LogP contribution >= 0.6 is 0 Å². The Morgan fingerprint density at radius 1 is 1.35 bits per heavy atom. The molecule has 1 unspecified atom stereocenters. The molecule has 0 aromatic heterocycles. The second-order valence-electron chi connectivity index (χ2n) is 5.58. The Labute approximate surface area is 122 Å². The van der Waals surface area contributed by atoms with E-state index in [9.17, 15) is 5.11 Å². The molecule has 1 fully saturated rings. The zero-order chi connectivity index (χ0) is 14.5. The Balaban J connectivity index is 2.09. The molecule has 112 valence electrons. The number of hydrogen-bond donors (Lipinski definition) is 1. The third-order valence-electron chi connectivity index (χ3n) is 4.25. The summed E-state index contributed by atoms with van der Waals surface area (Å²) in [7, 11) is 3.91. The molecule has 1 N–H and O–H groups in total. The van der Waals surface area contributed by atoms with E-state index < -0.39 is 0 Å². The van der Waals surface area contributed by atoms with Crippen molar-refractivity contribution in [3.8, 4) is 5.75 Å². The van der Waals surface area contributed by atoms with Gasteiger partial charge in [-0.1, -0.05) is 13.0 Å². The van der Waals surface area contributed by atoms with Gasteiger partial charge in [0.05, 0.1) is 13.7 Å². The number of rotatable bonds is 5. The first-order valence-electron chi connectivity index (χ1n) is 7.37. The van der Waals surface area contributed by atoms with E-state index in [1.165, 1.54) is 12.0 Å². The van der Waals surface area contributed by atoms with Crippen LogP contribution < -0.4 is 4.74 Å². The minimum absolute atomic E-state index is 0.0807. The molecular formula is C16H26N2O2. The minimum Gasteiger partial charge on any atom is -0.496 e. The summed E-state index contributed by atoms with van der Waals surface area (Å²) in [5.41, 5.74) is 2.11. The summed E-state index contributed by atoms with van der Waals surface area (Å²) >= 11 is 0. The predicted octanol–water partition coefficient (Wildman–Crippen LogP) is 1.71. The van der Waals surface area contributed by atoms with Crippen molar-refractivity contribution in [1.29, 1.82) is 0 Å². The van der Waals surface area contributed by atoms with E-state index in [-0.39, 0.29) is 6.61 Å². The number of piperazine rings is 1. The third-order valence-corrected chi connectivity index (χ3v) is 4.25. The Hall–Kier alpha value is -1.10. The first-order valence-corrected chi connectivity index (χ1v) is 7.37. The predicted molar refractivity (Wildman–Crippen MR) is 80.9 cm³/mol. The summed E-state index contributed by atoms with van der Waals surface area (Å²) in [5.74, 6) is 0.911. The van der Waals surface area contributed by atoms with Crippen molar-refractivity contribution in [3.05, 3.63) is 29.3 Å². The van der Waals surface area contributed by atoms with Crippen molar-refractivity contribution in [2.24, 2.45) is 0 Å². The fraction of sp³-hybridized carbons (Fsp3) is 0.625. The maximum absolute atomic E-state index is 9.29. The lowest BCUT2D eigenvalue weighted by Gasteiger charge is -2.39. The SMILES string of the molecule is CCC1CN(Cc2cc(CO)ccc2OC)CCN1C. The van der Waals surface area contributed by atoms with Gasteiger partial charge in [-0.05, 0) is 31.2 Å². The van der Waals surface area contributed by atoms with Crippen LogP contribution in [0.5, 0.6) is 5.75 Å². The zero-order valence-corrected chi connectivity index (χ0v) is 12.8. The molecule has 20 heavy (non-hydrogen) atoms. The van der Waals surface area contributed by atoms with Gasteiger partial charge in [-0.25, -0.2) is 0 Å². The highest BCUT2D eigenvalue weighted by Crippen LogP contribution is 2.23. The molecule has 0 radical (unpaired) electrons. The summed E-state index contributed by atoms with van der Waals surface area (Å²) in [4.78, 5) is 4.92. The largest absolute Gasteiger partial charge is 0.496 e. The first-order chi connectivity index (χ1) is 9.67. The maximum atomic E-state index is 9.29. The van der Waals surface area contributed by atoms with Crippen LogP contribution in [0.1, 0.15) is 24.5 Å². The number of likely N-dealkylation sites (N-methyl/N-ethyl adjacent to an activating group) is 1. The van der Waals surface area contributed by atoms with Crippen LogP contribution in [0.3, 0.4) is 0 Å². The van der Waals surface area contributed by atoms with E-state index in [0.29, 0.717) is 6.04 Å². The lowest BCUT2D eigenvalue weighted by atomic mass is 10.1. The van der Waals surface area contributed by atoms with Gasteiger partial charge in [0.1, 0.15) is 5.75 Å². The van der Waals surface area contributed by atoms with Gasteiger partial charge in [-0.2, -0.15) is 0 Å². The number of nitrogens with zero attached hydrogens (tertiary/aromatic N) is 2. The van der Waals surface area contributed by atoms with E-state index in [4.69, 9.17) is 4.74 Å². The van der Waals surface area contributed by atoms with Crippen molar-refractivity contribution < 1.29 is 9.84 Å². The Kier molecular flexibility index (Phi) is 5.40. The van der Waals surface area contributed by atoms with Gasteiger partial charge in [0, 0.05) is 37.8 Å². The Morgan fingerprint density at radius 3 is 2.80 bits per heavy atom. The molecular weight excluding hydrogens is 252 g/mol. The fourth-order valence-electron chi connectivity index (χ4n) is 2.89. The molecule has 1 heterocycles. The summed E-state index contributed by atoms with van der Waals surface area (Å²) < 4.78 is 5.44. The van der Waals surface area contributed by atoms with Gasteiger partial charge < -0.3 is 14.7 Å². The number of ether oxygens (including phenoxy) is 1. The molecule has 1 aliphatic rings. The molecule has 0 bridgehead atoms. The maximum Gasteiger partial charge on any atom is 0.123 e. The van der Waals surface area contributed by atoms with Gasteiger partial charge >= 0.3 is 0 Å². The van der Waals surface area contributed by atoms with Crippen molar-refractivity contribution in [3.63, 3.8) is 0 Å². The van der Waals surface area contributed by atoms with E-state index in [2.05, 4.69) is 29.8 Å². The summed E-state index contributed by atoms with van der Waals surface area (Å²) in [5, 5.41) is 9.29. The van der Waals surface area contributed by atoms with E-state index in [1.807, 2.05) is 12.1 Å². The van der Waals surface area contributed by atoms with E-state index >= 15 is 0 Å². The second-order valence-corrected chi connectivity index (χ2v) is 5.58. The van der Waals surface area contributed by atoms with Crippen LogP contribution in [0.4, 0.5) is 0 Å². The molecule has 0 amide bonds. The van der Waals surface area contributed by atoms with Crippen LogP contribution in [0.25, 0.3) is 0 Å². The lowest BCUT2D eigenvalue weighted by molar-refractivity contribution is 0.0877. The Bertz CT molecular complexity index is 436. The summed E-state index contributed by atoms with van der Waals surface area (Å²) in [6.45, 7) is 6.51. The van der Waals surface area contributed by atoms with E-state index in [1.54, 1.807) is 7.11 Å². The monoisotopic (exact) mass is 278 g/mol. The minimum atomic E-state index is 0.0807. The van der Waals surface area contributed by atoms with Crippen LogP contribution in [0.15, 0.2) is 18.2 Å². The van der Waals surface area contributed by atoms with Crippen molar-refractivity contribution in [2.45, 2.75) is 32.5 Å². The van der Waals surface area contributed by atoms with Gasteiger partial charge in [0.25, 0.3) is 0 Å². The molecule has 0 aliphatic carbocycles. The van der Waals surface area contributed by atoms with Crippen LogP contribution in [0, 0.1) is 0 Å². The molecule has 0 spiro atoms. The molecule has 4 heteroatoms. The molecule has 4 nitrogen and oxygen atoms in total. The molecule has 0 saturated carbocycles. The number of aliphatic hydroxyl groups excluding tert-OH is 1. The van der Waals surface area contributed by atoms with Crippen molar-refractivity contribution in [1.82, 2.24) is 9.80 Å². The molecule has 1 aromatic rings. The van der Waals surface area contributed by atoms with Crippen LogP contribution in [-0.4, -0.2) is 54.7 Å². The van der Waals surface area contributed by atoms with Gasteiger partial charge in [-0.3, -0.25) is 4.90 Å². The standard InChI is InChI=1S/C16H26N2O2/c1-4-15-11-18(8-7-17(15)2)10-14-9-13(12-19)5-6-16(14)20-3/h5-6,9,15,19H,4,7-8,10-12H2,1-3H3. The van der Waals surface area contributed by atoms with Crippen LogP contribution in [-0.2, 0) is 13.2 Å². The molecule has 1 atom stereocenters. The van der Waals surface area contributed by atoms with Gasteiger partial charge in [0.2, 0.25) is 0 Å². The smallest absolute Gasteiger partial charge is 0.123 e. The number of hydrogen-bond acceptors (Lipinski definition) is 4. The highest BCUT2D eigenvalue weighted by Gasteiger charge is 2.23. The molecule has 1 aromatic carbocycles. The van der Waals surface area contributed by atoms with Gasteiger partial charge in [0.15, 0.2) is 0 Å². The van der Waals surface area contributed by atoms with Gasteiger partial charge in [-0.15, -0.1) is 0 Å². The zero-order valence-electron chi connectivity index (χ0n) is 12.8. The quantitative estimate of drug-likeness (QED) is 0.889. The highest BCUT2D eigenvalue weighted by atomic mass is 16.5. The molecule has 2 rings (SSSR count). The number of methoxy groups -OCH3 is 1. The molecule has 1 saturated heterocycles. The fourth-order valence-corrected chi connectivity index (χ4v) is 2.89. The summed E-state index contributed by atoms with van der Waals surface area (Å²) in [6, 6.07) is 6.56. The van der Waals surface area contributed by atoms with Crippen molar-refractivity contribution >= 4 is 0 Å². The third kappa shape index (κ3) is 3.51. The van der Waals surface area contributed by atoms with E-state index in [0.717, 1.165) is 37.5 Å². The molecule has 1 aliphatic heterocycles. The highest BCUT2D eigenvalue weighted by molar-refractivity contribution is 5.37. The second kappa shape index (κ2) is 7.07. The Morgan fingerprint density at radius 2 is 2.15 bits per heavy atom. The number of benzene rings is 1. The van der Waals surface area contributed by atoms with Crippen molar-refractivity contribution in [2.75, 3.05) is 33.8 Å². The average Bonchev–Trinajstić information content (AvgIpc) is 2.49. The normalized spacial score (nSPS) is 21.1. The summed E-state index contributed by atoms with van der Waals surface area (Å²) in [6.07, 6.45) is 1.18. The average molecular weight is 278 g/mol. The topological polar surface area (TPSA) is 35.9 Å². The first kappa shape index (κ1) is 15.3. The number of aliphatic hydroxyl groups is 1. The lowest BCUT2D eigenvalue weighted by Crippen LogP contribution is -2.50. The van der Waals surface area contributed by atoms with Crippen LogP contribution in [0.2, 0.25) is 0 Å².